The van der Waals surface area contributed by atoms with Crippen molar-refractivity contribution >= 4 is 0 Å². The maximum absolute atomic E-state index is 9.59. The summed E-state index contributed by atoms with van der Waals surface area (Å²) in [5, 5.41) is 9.59. The summed E-state index contributed by atoms with van der Waals surface area (Å²) in [6.07, 6.45) is 6.23. The van der Waals surface area contributed by atoms with Crippen LogP contribution in [0.15, 0.2) is 23.3 Å². The highest BCUT2D eigenvalue weighted by Gasteiger charge is 2.30. The van der Waals surface area contributed by atoms with E-state index in [0.717, 1.165) is 12.0 Å². The summed E-state index contributed by atoms with van der Waals surface area (Å²) in [6, 6.07) is 0. The van der Waals surface area contributed by atoms with Gasteiger partial charge in [0.1, 0.15) is 0 Å². The molecule has 0 fully saturated rings. The first-order valence-corrected chi connectivity index (χ1v) is 7.93. The van der Waals surface area contributed by atoms with Crippen LogP contribution >= 0.6 is 0 Å². The van der Waals surface area contributed by atoms with Gasteiger partial charge in [0.25, 0.3) is 0 Å². The molecule has 0 saturated heterocycles. The summed E-state index contributed by atoms with van der Waals surface area (Å²) in [5.74, 6) is 0.575. The van der Waals surface area contributed by atoms with E-state index in [4.69, 9.17) is 0 Å². The number of allylic oxidation sites excluding steroid dienone is 3. The average Bonchev–Trinajstić information content (AvgIpc) is 2.24. The van der Waals surface area contributed by atoms with Crippen molar-refractivity contribution in [2.45, 2.75) is 81.3 Å². The minimum Gasteiger partial charge on any atom is -0.389 e. The van der Waals surface area contributed by atoms with Crippen molar-refractivity contribution in [3.05, 3.63) is 23.3 Å². The molecule has 118 valence electrons. The lowest BCUT2D eigenvalue weighted by molar-refractivity contribution is 0.193. The van der Waals surface area contributed by atoms with Crippen molar-refractivity contribution in [3.63, 3.8) is 0 Å². The van der Waals surface area contributed by atoms with Gasteiger partial charge in [0.05, 0.1) is 6.10 Å². The zero-order chi connectivity index (χ0) is 16.1. The van der Waals surface area contributed by atoms with Gasteiger partial charge < -0.3 is 5.11 Å². The quantitative estimate of drug-likeness (QED) is 0.636. The predicted molar refractivity (Wildman–Crippen MR) is 90.8 cm³/mol. The molecule has 1 heteroatoms. The zero-order valence-electron chi connectivity index (χ0n) is 15.2. The van der Waals surface area contributed by atoms with Gasteiger partial charge in [-0.15, -0.1) is 0 Å². The van der Waals surface area contributed by atoms with Gasteiger partial charge in [0.2, 0.25) is 0 Å². The first-order chi connectivity index (χ1) is 8.88. The fourth-order valence-electron chi connectivity index (χ4n) is 2.46. The second-order valence-corrected chi connectivity index (χ2v) is 8.37. The second-order valence-electron chi connectivity index (χ2n) is 8.37. The summed E-state index contributed by atoms with van der Waals surface area (Å²) < 4.78 is 0. The molecule has 0 radical (unpaired) electrons. The standard InChI is InChI=1S/C19H36O/c1-10-16(12-11-14(2)15(3)20)17(19(7,8)9)13-18(4,5)6/h11-12,15,17,20H,10,13H2,1-9H3/b14-11+,16-12+. The van der Waals surface area contributed by atoms with Crippen molar-refractivity contribution in [3.8, 4) is 0 Å². The Morgan fingerprint density at radius 1 is 1.05 bits per heavy atom. The van der Waals surface area contributed by atoms with E-state index in [1.807, 2.05) is 13.8 Å². The van der Waals surface area contributed by atoms with E-state index in [-0.39, 0.29) is 11.5 Å². The van der Waals surface area contributed by atoms with Crippen LogP contribution in [-0.2, 0) is 0 Å². The van der Waals surface area contributed by atoms with Crippen LogP contribution in [0.4, 0.5) is 0 Å². The Morgan fingerprint density at radius 2 is 1.55 bits per heavy atom. The van der Waals surface area contributed by atoms with Crippen LogP contribution in [0.5, 0.6) is 0 Å². The first kappa shape index (κ1) is 19.4. The summed E-state index contributed by atoms with van der Waals surface area (Å²) in [5.41, 5.74) is 3.11. The fourth-order valence-corrected chi connectivity index (χ4v) is 2.46. The molecule has 0 rings (SSSR count). The molecule has 2 atom stereocenters. The van der Waals surface area contributed by atoms with E-state index in [9.17, 15) is 5.11 Å². The molecule has 0 aliphatic heterocycles. The van der Waals surface area contributed by atoms with Crippen LogP contribution in [0, 0.1) is 16.7 Å². The lowest BCUT2D eigenvalue weighted by Gasteiger charge is -2.37. The number of aliphatic hydroxyl groups excluding tert-OH is 1. The summed E-state index contributed by atoms with van der Waals surface area (Å²) in [4.78, 5) is 0. The molecule has 0 aromatic carbocycles. The molecule has 0 aliphatic rings. The van der Waals surface area contributed by atoms with Crippen LogP contribution in [0.1, 0.15) is 75.2 Å². The third kappa shape index (κ3) is 7.28. The molecule has 0 heterocycles. The molecule has 0 amide bonds. The number of hydrogen-bond donors (Lipinski definition) is 1. The molecular weight excluding hydrogens is 244 g/mol. The van der Waals surface area contributed by atoms with Gasteiger partial charge >= 0.3 is 0 Å². The van der Waals surface area contributed by atoms with Crippen molar-refractivity contribution in [2.24, 2.45) is 16.7 Å². The maximum atomic E-state index is 9.59. The SMILES string of the molecule is CC/C(=C\C=C(/C)C(C)O)C(CC(C)(C)C)C(C)(C)C. The van der Waals surface area contributed by atoms with Gasteiger partial charge in [-0.2, -0.15) is 0 Å². The summed E-state index contributed by atoms with van der Waals surface area (Å²) in [7, 11) is 0. The number of rotatable bonds is 5. The largest absolute Gasteiger partial charge is 0.389 e. The van der Waals surface area contributed by atoms with Crippen molar-refractivity contribution in [1.82, 2.24) is 0 Å². The Kier molecular flexibility index (Phi) is 7.24. The van der Waals surface area contributed by atoms with E-state index in [0.29, 0.717) is 11.3 Å². The molecule has 0 saturated carbocycles. The van der Waals surface area contributed by atoms with Gasteiger partial charge in [-0.25, -0.2) is 0 Å². The van der Waals surface area contributed by atoms with Crippen LogP contribution in [0.2, 0.25) is 0 Å². The Bertz CT molecular complexity index is 345. The van der Waals surface area contributed by atoms with Gasteiger partial charge in [0.15, 0.2) is 0 Å². The molecule has 0 aliphatic carbocycles. The highest BCUT2D eigenvalue weighted by atomic mass is 16.3. The Hall–Kier alpha value is -0.560. The smallest absolute Gasteiger partial charge is 0.0722 e. The van der Waals surface area contributed by atoms with Gasteiger partial charge in [-0.05, 0) is 49.0 Å². The molecule has 1 N–H and O–H groups in total. The molecule has 0 aromatic heterocycles. The third-order valence-corrected chi connectivity index (χ3v) is 3.94. The monoisotopic (exact) mass is 280 g/mol. The van der Waals surface area contributed by atoms with Gasteiger partial charge in [-0.1, -0.05) is 66.2 Å². The lowest BCUT2D eigenvalue weighted by Crippen LogP contribution is -2.27. The summed E-state index contributed by atoms with van der Waals surface area (Å²) >= 11 is 0. The number of hydrogen-bond acceptors (Lipinski definition) is 1. The Balaban J connectivity index is 5.41. The Labute approximate surface area is 127 Å². The predicted octanol–water partition coefficient (Wildman–Crippen LogP) is 5.75. The highest BCUT2D eigenvalue weighted by molar-refractivity contribution is 5.21. The highest BCUT2D eigenvalue weighted by Crippen LogP contribution is 2.41. The lowest BCUT2D eigenvalue weighted by atomic mass is 9.68. The number of aliphatic hydroxyl groups is 1. The van der Waals surface area contributed by atoms with E-state index in [2.05, 4.69) is 60.6 Å². The second kappa shape index (κ2) is 7.45. The summed E-state index contributed by atoms with van der Waals surface area (Å²) in [6.45, 7) is 20.0. The molecule has 0 spiro atoms. The Morgan fingerprint density at radius 3 is 1.85 bits per heavy atom. The maximum Gasteiger partial charge on any atom is 0.0722 e. The minimum atomic E-state index is -0.361. The van der Waals surface area contributed by atoms with E-state index in [1.165, 1.54) is 12.0 Å². The van der Waals surface area contributed by atoms with Crippen molar-refractivity contribution in [2.75, 3.05) is 0 Å². The fraction of sp³-hybridized carbons (Fsp3) is 0.789. The van der Waals surface area contributed by atoms with E-state index in [1.54, 1.807) is 0 Å². The molecule has 2 unspecified atom stereocenters. The topological polar surface area (TPSA) is 20.2 Å². The molecular formula is C19H36O. The van der Waals surface area contributed by atoms with Crippen molar-refractivity contribution in [1.29, 1.82) is 0 Å². The van der Waals surface area contributed by atoms with Gasteiger partial charge in [-0.3, -0.25) is 0 Å². The van der Waals surface area contributed by atoms with E-state index < -0.39 is 0 Å². The molecule has 1 nitrogen and oxygen atoms in total. The molecule has 0 aromatic rings. The normalized spacial score (nSPS) is 18.1. The van der Waals surface area contributed by atoms with Crippen LogP contribution in [0.25, 0.3) is 0 Å². The first-order valence-electron chi connectivity index (χ1n) is 7.93. The average molecular weight is 280 g/mol. The zero-order valence-corrected chi connectivity index (χ0v) is 15.2. The van der Waals surface area contributed by atoms with Crippen LogP contribution in [0.3, 0.4) is 0 Å². The molecule has 0 bridgehead atoms. The third-order valence-electron chi connectivity index (χ3n) is 3.94. The van der Waals surface area contributed by atoms with Gasteiger partial charge in [0, 0.05) is 0 Å². The minimum absolute atomic E-state index is 0.266. The van der Waals surface area contributed by atoms with Crippen molar-refractivity contribution < 1.29 is 5.11 Å². The van der Waals surface area contributed by atoms with E-state index >= 15 is 0 Å². The molecule has 20 heavy (non-hydrogen) atoms. The van der Waals surface area contributed by atoms with Crippen LogP contribution in [-0.4, -0.2) is 11.2 Å². The van der Waals surface area contributed by atoms with Crippen LogP contribution < -0.4 is 0 Å².